The van der Waals surface area contributed by atoms with Crippen LogP contribution in [0.4, 0.5) is 0 Å². The van der Waals surface area contributed by atoms with E-state index in [1.807, 2.05) is 11.3 Å². The Morgan fingerprint density at radius 2 is 2.36 bits per heavy atom. The molecule has 62 valence electrons. The SMILES string of the molecule is Cc1sccc1CC(C)CBr. The van der Waals surface area contributed by atoms with Gasteiger partial charge in [0.25, 0.3) is 0 Å². The monoisotopic (exact) mass is 232 g/mol. The van der Waals surface area contributed by atoms with Gasteiger partial charge in [0.15, 0.2) is 0 Å². The van der Waals surface area contributed by atoms with E-state index in [2.05, 4.69) is 41.2 Å². The van der Waals surface area contributed by atoms with E-state index in [4.69, 9.17) is 0 Å². The Labute approximate surface area is 80.8 Å². The molecule has 0 aromatic carbocycles. The number of hydrogen-bond acceptors (Lipinski definition) is 1. The Morgan fingerprint density at radius 3 is 2.82 bits per heavy atom. The molecule has 0 saturated carbocycles. The first-order valence-corrected chi connectivity index (χ1v) is 5.83. The predicted molar refractivity (Wildman–Crippen MR) is 55.7 cm³/mol. The molecule has 2 heteroatoms. The minimum atomic E-state index is 0.753. The Morgan fingerprint density at radius 1 is 1.64 bits per heavy atom. The second-order valence-electron chi connectivity index (χ2n) is 2.97. The third-order valence-electron chi connectivity index (χ3n) is 1.80. The summed E-state index contributed by atoms with van der Waals surface area (Å²) >= 11 is 5.33. The fourth-order valence-electron chi connectivity index (χ4n) is 1.05. The molecule has 1 aromatic heterocycles. The minimum Gasteiger partial charge on any atom is -0.149 e. The highest BCUT2D eigenvalue weighted by Crippen LogP contribution is 2.19. The third kappa shape index (κ3) is 2.60. The molecule has 0 bridgehead atoms. The van der Waals surface area contributed by atoms with Gasteiger partial charge in [0.1, 0.15) is 0 Å². The molecule has 0 amide bonds. The summed E-state index contributed by atoms with van der Waals surface area (Å²) in [6, 6.07) is 2.24. The molecule has 1 rings (SSSR count). The van der Waals surface area contributed by atoms with Gasteiger partial charge in [-0.2, -0.15) is 0 Å². The third-order valence-corrected chi connectivity index (χ3v) is 3.79. The summed E-state index contributed by atoms with van der Waals surface area (Å²) in [4.78, 5) is 1.47. The molecule has 0 fully saturated rings. The molecule has 0 aliphatic rings. The number of aryl methyl sites for hydroxylation is 1. The van der Waals surface area contributed by atoms with Crippen LogP contribution < -0.4 is 0 Å². The zero-order valence-corrected chi connectivity index (χ0v) is 9.33. The van der Waals surface area contributed by atoms with Gasteiger partial charge >= 0.3 is 0 Å². The topological polar surface area (TPSA) is 0 Å². The van der Waals surface area contributed by atoms with Crippen molar-refractivity contribution in [3.8, 4) is 0 Å². The van der Waals surface area contributed by atoms with Crippen molar-refractivity contribution >= 4 is 27.3 Å². The van der Waals surface area contributed by atoms with Gasteiger partial charge in [-0.25, -0.2) is 0 Å². The van der Waals surface area contributed by atoms with Gasteiger partial charge in [0.05, 0.1) is 0 Å². The van der Waals surface area contributed by atoms with Crippen LogP contribution >= 0.6 is 27.3 Å². The first kappa shape index (κ1) is 9.27. The quantitative estimate of drug-likeness (QED) is 0.699. The van der Waals surface area contributed by atoms with Crippen molar-refractivity contribution < 1.29 is 0 Å². The molecule has 0 aliphatic heterocycles. The average Bonchev–Trinajstić information content (AvgIpc) is 2.37. The van der Waals surface area contributed by atoms with Crippen LogP contribution in [0.3, 0.4) is 0 Å². The Bertz CT molecular complexity index is 217. The number of thiophene rings is 1. The van der Waals surface area contributed by atoms with Gasteiger partial charge in [-0.15, -0.1) is 11.3 Å². The highest BCUT2D eigenvalue weighted by molar-refractivity contribution is 9.09. The van der Waals surface area contributed by atoms with Crippen molar-refractivity contribution in [1.82, 2.24) is 0 Å². The summed E-state index contributed by atoms with van der Waals surface area (Å²) in [7, 11) is 0. The molecule has 1 aromatic rings. The fourth-order valence-corrected chi connectivity index (χ4v) is 2.02. The van der Waals surface area contributed by atoms with Crippen LogP contribution in [0.25, 0.3) is 0 Å². The highest BCUT2D eigenvalue weighted by Gasteiger charge is 2.04. The zero-order chi connectivity index (χ0) is 8.27. The van der Waals surface area contributed by atoms with Crippen molar-refractivity contribution in [2.75, 3.05) is 5.33 Å². The molecule has 0 aliphatic carbocycles. The minimum absolute atomic E-state index is 0.753. The Balaban J connectivity index is 2.56. The van der Waals surface area contributed by atoms with Crippen LogP contribution in [0, 0.1) is 12.8 Å². The molecule has 0 radical (unpaired) electrons. The largest absolute Gasteiger partial charge is 0.149 e. The van der Waals surface area contributed by atoms with Gasteiger partial charge in [0.2, 0.25) is 0 Å². The number of rotatable bonds is 3. The lowest BCUT2D eigenvalue weighted by Crippen LogP contribution is -2.00. The maximum absolute atomic E-state index is 3.49. The molecule has 0 nitrogen and oxygen atoms in total. The van der Waals surface area contributed by atoms with E-state index in [0.29, 0.717) is 0 Å². The smallest absolute Gasteiger partial charge is 0.00602 e. The van der Waals surface area contributed by atoms with Crippen molar-refractivity contribution in [1.29, 1.82) is 0 Å². The molecule has 1 atom stereocenters. The van der Waals surface area contributed by atoms with E-state index in [1.165, 1.54) is 16.9 Å². The highest BCUT2D eigenvalue weighted by atomic mass is 79.9. The molecular formula is C9H13BrS. The van der Waals surface area contributed by atoms with Gasteiger partial charge in [0, 0.05) is 10.2 Å². The van der Waals surface area contributed by atoms with Gasteiger partial charge in [-0.05, 0) is 36.3 Å². The predicted octanol–water partition coefficient (Wildman–Crippen LogP) is 3.63. The molecular weight excluding hydrogens is 220 g/mol. The fraction of sp³-hybridized carbons (Fsp3) is 0.556. The lowest BCUT2D eigenvalue weighted by atomic mass is 10.0. The maximum atomic E-state index is 3.49. The number of alkyl halides is 1. The zero-order valence-electron chi connectivity index (χ0n) is 6.93. The molecule has 0 N–H and O–H groups in total. The molecule has 0 spiro atoms. The standard InChI is InChI=1S/C9H13BrS/c1-7(6-10)5-9-3-4-11-8(9)2/h3-4,7H,5-6H2,1-2H3. The maximum Gasteiger partial charge on any atom is 0.00602 e. The van der Waals surface area contributed by atoms with Gasteiger partial charge in [-0.1, -0.05) is 22.9 Å². The summed E-state index contributed by atoms with van der Waals surface area (Å²) in [6.07, 6.45) is 1.21. The van der Waals surface area contributed by atoms with Crippen LogP contribution in [0.15, 0.2) is 11.4 Å². The van der Waals surface area contributed by atoms with E-state index in [-0.39, 0.29) is 0 Å². The van der Waals surface area contributed by atoms with Crippen molar-refractivity contribution in [3.63, 3.8) is 0 Å². The Kier molecular flexibility index (Phi) is 3.60. The van der Waals surface area contributed by atoms with Crippen molar-refractivity contribution in [3.05, 3.63) is 21.9 Å². The second-order valence-corrected chi connectivity index (χ2v) is 4.73. The summed E-state index contributed by atoms with van der Waals surface area (Å²) in [5.41, 5.74) is 1.52. The summed E-state index contributed by atoms with van der Waals surface area (Å²) in [6.45, 7) is 4.47. The lowest BCUT2D eigenvalue weighted by molar-refractivity contribution is 0.663. The van der Waals surface area contributed by atoms with Gasteiger partial charge in [-0.3, -0.25) is 0 Å². The second kappa shape index (κ2) is 4.27. The number of halogens is 1. The van der Waals surface area contributed by atoms with Crippen molar-refractivity contribution in [2.45, 2.75) is 20.3 Å². The van der Waals surface area contributed by atoms with E-state index in [1.54, 1.807) is 0 Å². The van der Waals surface area contributed by atoms with Crippen LogP contribution in [-0.2, 0) is 6.42 Å². The number of hydrogen-bond donors (Lipinski definition) is 0. The first-order valence-electron chi connectivity index (χ1n) is 3.83. The summed E-state index contributed by atoms with van der Waals surface area (Å²) in [5, 5.41) is 3.27. The normalized spacial score (nSPS) is 13.4. The van der Waals surface area contributed by atoms with Gasteiger partial charge < -0.3 is 0 Å². The molecule has 1 unspecified atom stereocenters. The van der Waals surface area contributed by atoms with Crippen LogP contribution in [0.1, 0.15) is 17.4 Å². The lowest BCUT2D eigenvalue weighted by Gasteiger charge is -2.05. The van der Waals surface area contributed by atoms with Crippen molar-refractivity contribution in [2.24, 2.45) is 5.92 Å². The van der Waals surface area contributed by atoms with Crippen LogP contribution in [0.5, 0.6) is 0 Å². The van der Waals surface area contributed by atoms with E-state index in [9.17, 15) is 0 Å². The van der Waals surface area contributed by atoms with E-state index in [0.717, 1.165) is 11.2 Å². The first-order chi connectivity index (χ1) is 5.24. The molecule has 1 heterocycles. The van der Waals surface area contributed by atoms with E-state index >= 15 is 0 Å². The molecule has 11 heavy (non-hydrogen) atoms. The van der Waals surface area contributed by atoms with Crippen LogP contribution in [0.2, 0.25) is 0 Å². The summed E-state index contributed by atoms with van der Waals surface area (Å²) < 4.78 is 0. The average molecular weight is 233 g/mol. The Hall–Kier alpha value is 0.180. The summed E-state index contributed by atoms with van der Waals surface area (Å²) in [5.74, 6) is 0.753. The van der Waals surface area contributed by atoms with Crippen LogP contribution in [-0.4, -0.2) is 5.33 Å². The van der Waals surface area contributed by atoms with E-state index < -0.39 is 0 Å². The molecule has 0 saturated heterocycles.